The van der Waals surface area contributed by atoms with Crippen LogP contribution >= 0.6 is 0 Å². The summed E-state index contributed by atoms with van der Waals surface area (Å²) in [6.07, 6.45) is 6.05. The summed E-state index contributed by atoms with van der Waals surface area (Å²) in [6.45, 7) is 9.91. The van der Waals surface area contributed by atoms with Crippen LogP contribution in [0.25, 0.3) is 0 Å². The molecule has 0 saturated heterocycles. The van der Waals surface area contributed by atoms with Gasteiger partial charge in [0.2, 0.25) is 0 Å². The first-order valence-corrected chi connectivity index (χ1v) is 8.37. The first-order valence-electron chi connectivity index (χ1n) is 8.37. The Hall–Kier alpha value is -1.01. The number of hydrogen-bond donors (Lipinski definition) is 1. The molecular formula is C15H30N6. The van der Waals surface area contributed by atoms with Crippen molar-refractivity contribution < 1.29 is 0 Å². The van der Waals surface area contributed by atoms with Gasteiger partial charge in [-0.3, -0.25) is 4.90 Å². The normalized spacial score (nSPS) is 19.3. The summed E-state index contributed by atoms with van der Waals surface area (Å²) in [4.78, 5) is 4.20. The highest BCUT2D eigenvalue weighted by Gasteiger charge is 2.44. The van der Waals surface area contributed by atoms with Gasteiger partial charge in [-0.25, -0.2) is 0 Å². The molecule has 2 rings (SSSR count). The second kappa shape index (κ2) is 7.31. The van der Waals surface area contributed by atoms with E-state index in [2.05, 4.69) is 46.4 Å². The number of likely N-dealkylation sites (N-methyl/N-ethyl adjacent to an activating group) is 2. The van der Waals surface area contributed by atoms with Crippen LogP contribution in [-0.4, -0.2) is 56.3 Å². The zero-order valence-electron chi connectivity index (χ0n) is 14.0. The van der Waals surface area contributed by atoms with Crippen molar-refractivity contribution in [3.63, 3.8) is 0 Å². The minimum atomic E-state index is 0.249. The van der Waals surface area contributed by atoms with E-state index < -0.39 is 0 Å². The van der Waals surface area contributed by atoms with Crippen molar-refractivity contribution >= 4 is 0 Å². The number of nitrogens with zero attached hydrogens (tertiary/aromatic N) is 5. The van der Waals surface area contributed by atoms with Gasteiger partial charge < -0.3 is 5.32 Å². The highest BCUT2D eigenvalue weighted by atomic mass is 15.6. The van der Waals surface area contributed by atoms with Crippen LogP contribution in [0.1, 0.15) is 52.3 Å². The Morgan fingerprint density at radius 3 is 2.38 bits per heavy atom. The third-order valence-corrected chi connectivity index (χ3v) is 4.90. The van der Waals surface area contributed by atoms with Crippen LogP contribution in [-0.2, 0) is 13.5 Å². The lowest BCUT2D eigenvalue weighted by Crippen LogP contribution is -2.60. The second-order valence-corrected chi connectivity index (χ2v) is 5.99. The molecule has 1 fully saturated rings. The Kier molecular flexibility index (Phi) is 5.70. The van der Waals surface area contributed by atoms with E-state index in [1.807, 2.05) is 7.05 Å². The maximum atomic E-state index is 4.38. The fourth-order valence-electron chi connectivity index (χ4n) is 4.01. The number of rotatable bonds is 8. The highest BCUT2D eigenvalue weighted by molar-refractivity contribution is 5.06. The first kappa shape index (κ1) is 16.4. The molecule has 0 bridgehead atoms. The van der Waals surface area contributed by atoms with Crippen LogP contribution < -0.4 is 5.32 Å². The molecule has 0 spiro atoms. The lowest BCUT2D eigenvalue weighted by atomic mass is 9.83. The van der Waals surface area contributed by atoms with Gasteiger partial charge >= 0.3 is 0 Å². The fraction of sp³-hybridized carbons (Fsp3) is 0.933. The van der Waals surface area contributed by atoms with Gasteiger partial charge in [-0.05, 0) is 37.7 Å². The number of tetrazole rings is 1. The van der Waals surface area contributed by atoms with Crippen LogP contribution in [0.3, 0.4) is 0 Å². The van der Waals surface area contributed by atoms with Crippen molar-refractivity contribution in [2.75, 3.05) is 19.6 Å². The quantitative estimate of drug-likeness (QED) is 0.785. The van der Waals surface area contributed by atoms with Crippen molar-refractivity contribution in [1.82, 2.24) is 30.4 Å². The molecule has 120 valence electrons. The molecule has 6 nitrogen and oxygen atoms in total. The number of hydrogen-bond acceptors (Lipinski definition) is 5. The molecule has 21 heavy (non-hydrogen) atoms. The molecule has 1 aliphatic rings. The van der Waals surface area contributed by atoms with Crippen molar-refractivity contribution in [3.05, 3.63) is 5.82 Å². The van der Waals surface area contributed by atoms with E-state index >= 15 is 0 Å². The monoisotopic (exact) mass is 294 g/mol. The van der Waals surface area contributed by atoms with E-state index in [-0.39, 0.29) is 5.54 Å². The van der Waals surface area contributed by atoms with Gasteiger partial charge in [-0.1, -0.05) is 33.6 Å². The Bertz CT molecular complexity index is 420. The van der Waals surface area contributed by atoms with Gasteiger partial charge in [0.15, 0.2) is 5.82 Å². The SMILES string of the molecule is CCNC(Cc1nnn(C)n1)C1(N(CC)CC)CCCC1. The predicted molar refractivity (Wildman–Crippen MR) is 84.1 cm³/mol. The summed E-state index contributed by atoms with van der Waals surface area (Å²) in [5.41, 5.74) is 0.249. The Morgan fingerprint density at radius 1 is 1.24 bits per heavy atom. The van der Waals surface area contributed by atoms with E-state index in [0.717, 1.165) is 31.9 Å². The summed E-state index contributed by atoms with van der Waals surface area (Å²) >= 11 is 0. The average Bonchev–Trinajstić information content (AvgIpc) is 3.10. The van der Waals surface area contributed by atoms with E-state index in [1.54, 1.807) is 4.80 Å². The van der Waals surface area contributed by atoms with Gasteiger partial charge in [-0.15, -0.1) is 10.2 Å². The molecule has 0 aromatic carbocycles. The van der Waals surface area contributed by atoms with Crippen LogP contribution in [0.4, 0.5) is 0 Å². The fourth-order valence-corrected chi connectivity index (χ4v) is 4.01. The maximum Gasteiger partial charge on any atom is 0.176 e. The van der Waals surface area contributed by atoms with Crippen molar-refractivity contribution in [2.45, 2.75) is 64.5 Å². The van der Waals surface area contributed by atoms with Crippen LogP contribution in [0.5, 0.6) is 0 Å². The zero-order chi connectivity index (χ0) is 15.3. The molecule has 1 aromatic heterocycles. The van der Waals surface area contributed by atoms with E-state index in [1.165, 1.54) is 25.7 Å². The predicted octanol–water partition coefficient (Wildman–Crippen LogP) is 1.39. The highest BCUT2D eigenvalue weighted by Crippen LogP contribution is 2.39. The first-order chi connectivity index (χ1) is 10.2. The molecular weight excluding hydrogens is 264 g/mol. The lowest BCUT2D eigenvalue weighted by Gasteiger charge is -2.46. The molecule has 1 aliphatic carbocycles. The Labute approximate surface area is 128 Å². The minimum absolute atomic E-state index is 0.249. The molecule has 1 aromatic rings. The third kappa shape index (κ3) is 3.43. The summed E-state index contributed by atoms with van der Waals surface area (Å²) < 4.78 is 0. The molecule has 1 unspecified atom stereocenters. The summed E-state index contributed by atoms with van der Waals surface area (Å²) in [5, 5.41) is 16.3. The van der Waals surface area contributed by atoms with E-state index in [0.29, 0.717) is 6.04 Å². The largest absolute Gasteiger partial charge is 0.312 e. The summed E-state index contributed by atoms with van der Waals surface area (Å²) in [6, 6.07) is 0.397. The zero-order valence-corrected chi connectivity index (χ0v) is 14.0. The minimum Gasteiger partial charge on any atom is -0.312 e. The van der Waals surface area contributed by atoms with Crippen LogP contribution in [0, 0.1) is 0 Å². The van der Waals surface area contributed by atoms with Crippen molar-refractivity contribution in [1.29, 1.82) is 0 Å². The second-order valence-electron chi connectivity index (χ2n) is 5.99. The van der Waals surface area contributed by atoms with Gasteiger partial charge in [0.05, 0.1) is 7.05 Å². The standard InChI is InChI=1S/C15H30N6/c1-5-16-13(12-14-17-19-20(4)18-14)15(10-8-9-11-15)21(6-2)7-3/h13,16H,5-12H2,1-4H3. The molecule has 1 atom stereocenters. The Balaban J connectivity index is 2.23. The van der Waals surface area contributed by atoms with Gasteiger partial charge in [0, 0.05) is 18.0 Å². The van der Waals surface area contributed by atoms with Crippen LogP contribution in [0.2, 0.25) is 0 Å². The van der Waals surface area contributed by atoms with Crippen molar-refractivity contribution in [2.24, 2.45) is 7.05 Å². The van der Waals surface area contributed by atoms with E-state index in [9.17, 15) is 0 Å². The van der Waals surface area contributed by atoms with Crippen LogP contribution in [0.15, 0.2) is 0 Å². The van der Waals surface area contributed by atoms with Gasteiger partial charge in [0.1, 0.15) is 0 Å². The molecule has 1 N–H and O–H groups in total. The summed E-state index contributed by atoms with van der Waals surface area (Å²) in [5.74, 6) is 0.849. The topological polar surface area (TPSA) is 58.9 Å². The molecule has 1 saturated carbocycles. The third-order valence-electron chi connectivity index (χ3n) is 4.90. The maximum absolute atomic E-state index is 4.38. The number of aromatic nitrogens is 4. The number of nitrogens with one attached hydrogen (secondary N) is 1. The lowest BCUT2D eigenvalue weighted by molar-refractivity contribution is 0.0628. The summed E-state index contributed by atoms with van der Waals surface area (Å²) in [7, 11) is 1.83. The molecule has 0 radical (unpaired) electrons. The number of aryl methyl sites for hydroxylation is 1. The smallest absolute Gasteiger partial charge is 0.176 e. The van der Waals surface area contributed by atoms with Gasteiger partial charge in [0.25, 0.3) is 0 Å². The molecule has 6 heteroatoms. The molecule has 1 heterocycles. The van der Waals surface area contributed by atoms with E-state index in [4.69, 9.17) is 0 Å². The van der Waals surface area contributed by atoms with Crippen molar-refractivity contribution in [3.8, 4) is 0 Å². The Morgan fingerprint density at radius 2 is 1.90 bits per heavy atom. The molecule has 0 aliphatic heterocycles. The van der Waals surface area contributed by atoms with Gasteiger partial charge in [-0.2, -0.15) is 4.80 Å². The molecule has 0 amide bonds. The average molecular weight is 294 g/mol.